The van der Waals surface area contributed by atoms with E-state index in [0.29, 0.717) is 39.3 Å². The molecule has 4 rings (SSSR count). The first-order valence-electron chi connectivity index (χ1n) is 14.4. The number of anilines is 1. The van der Waals surface area contributed by atoms with Crippen molar-refractivity contribution in [3.8, 4) is 0 Å². The molecule has 0 aliphatic heterocycles. The van der Waals surface area contributed by atoms with Gasteiger partial charge in [0, 0.05) is 40.1 Å². The van der Waals surface area contributed by atoms with Gasteiger partial charge in [0.05, 0.1) is 10.6 Å². The quantitative estimate of drug-likeness (QED) is 0.160. The molecule has 0 fully saturated rings. The van der Waals surface area contributed by atoms with Crippen LogP contribution in [0.3, 0.4) is 0 Å². The van der Waals surface area contributed by atoms with Gasteiger partial charge in [-0.2, -0.15) is 0 Å². The van der Waals surface area contributed by atoms with Crippen LogP contribution in [-0.2, 0) is 32.6 Å². The van der Waals surface area contributed by atoms with Crippen molar-refractivity contribution in [2.75, 3.05) is 17.4 Å². The Morgan fingerprint density at radius 2 is 1.49 bits per heavy atom. The van der Waals surface area contributed by atoms with Crippen molar-refractivity contribution >= 4 is 62.3 Å². The Kier molecular flexibility index (Phi) is 11.9. The first-order valence-corrected chi connectivity index (χ1v) is 17.0. The lowest BCUT2D eigenvalue weighted by molar-refractivity contribution is -0.140. The Hall–Kier alpha value is -3.56. The summed E-state index contributed by atoms with van der Waals surface area (Å²) in [5, 5.41) is 3.92. The molecule has 1 N–H and O–H groups in total. The molecule has 0 spiro atoms. The number of hydrogen-bond donors (Lipinski definition) is 1. The maximum absolute atomic E-state index is 14.5. The number of sulfonamides is 1. The van der Waals surface area contributed by atoms with E-state index in [0.717, 1.165) is 15.4 Å². The summed E-state index contributed by atoms with van der Waals surface area (Å²) < 4.78 is 29.3. The highest BCUT2D eigenvalue weighted by Crippen LogP contribution is 2.29. The van der Waals surface area contributed by atoms with E-state index in [9.17, 15) is 18.0 Å². The van der Waals surface area contributed by atoms with Gasteiger partial charge in [-0.25, -0.2) is 8.42 Å². The zero-order valence-electron chi connectivity index (χ0n) is 24.9. The molecular weight excluding hydrogens is 653 g/mol. The maximum Gasteiger partial charge on any atom is 0.264 e. The van der Waals surface area contributed by atoms with Gasteiger partial charge in [-0.3, -0.25) is 13.9 Å². The van der Waals surface area contributed by atoms with Crippen LogP contribution in [0.2, 0.25) is 15.1 Å². The highest BCUT2D eigenvalue weighted by Gasteiger charge is 2.35. The summed E-state index contributed by atoms with van der Waals surface area (Å²) in [4.78, 5) is 29.6. The van der Waals surface area contributed by atoms with Crippen molar-refractivity contribution in [3.05, 3.63) is 129 Å². The molecule has 4 aromatic rings. The number of benzene rings is 4. The minimum absolute atomic E-state index is 0.0385. The van der Waals surface area contributed by atoms with Crippen molar-refractivity contribution in [1.82, 2.24) is 10.2 Å². The summed E-state index contributed by atoms with van der Waals surface area (Å²) >= 11 is 19.1. The first kappa shape index (κ1) is 34.3. The Labute approximate surface area is 279 Å². The summed E-state index contributed by atoms with van der Waals surface area (Å²) in [5.74, 6) is -0.988. The Bertz CT molecular complexity index is 1720. The average molecular weight is 687 g/mol. The van der Waals surface area contributed by atoms with E-state index in [1.165, 1.54) is 29.2 Å². The van der Waals surface area contributed by atoms with Crippen LogP contribution < -0.4 is 9.62 Å². The predicted molar refractivity (Wildman–Crippen MR) is 181 cm³/mol. The molecule has 0 saturated heterocycles. The lowest BCUT2D eigenvalue weighted by Crippen LogP contribution is -2.53. The van der Waals surface area contributed by atoms with Gasteiger partial charge in [-0.15, -0.1) is 0 Å². The van der Waals surface area contributed by atoms with E-state index in [1.54, 1.807) is 36.4 Å². The van der Waals surface area contributed by atoms with Gasteiger partial charge >= 0.3 is 0 Å². The second-order valence-electron chi connectivity index (χ2n) is 10.5. The van der Waals surface area contributed by atoms with E-state index in [1.807, 2.05) is 50.2 Å². The normalized spacial score (nSPS) is 11.9. The fourth-order valence-corrected chi connectivity index (χ4v) is 6.87. The highest BCUT2D eigenvalue weighted by molar-refractivity contribution is 7.92. The van der Waals surface area contributed by atoms with E-state index in [2.05, 4.69) is 5.32 Å². The standard InChI is InChI=1S/C34H34Cl3N3O4S/c1-3-19-38-34(42)32(21-25-10-5-4-6-11-25)39(22-29-30(36)13-8-14-31(29)37)33(41)23-40(27-12-7-9-24(2)20-27)45(43,44)28-17-15-26(35)16-18-28/h4-18,20,32H,3,19,21-23H2,1-2H3,(H,38,42)/t32-/m0/s1. The van der Waals surface area contributed by atoms with Crippen LogP contribution in [0.1, 0.15) is 30.0 Å². The molecule has 2 amide bonds. The summed E-state index contributed by atoms with van der Waals surface area (Å²) in [6.45, 7) is 3.44. The summed E-state index contributed by atoms with van der Waals surface area (Å²) in [7, 11) is -4.25. The molecule has 4 aromatic carbocycles. The fourth-order valence-electron chi connectivity index (χ4n) is 4.82. The minimum Gasteiger partial charge on any atom is -0.354 e. The summed E-state index contributed by atoms with van der Waals surface area (Å²) in [6.07, 6.45) is 0.868. The van der Waals surface area contributed by atoms with Crippen LogP contribution in [0.25, 0.3) is 0 Å². The smallest absolute Gasteiger partial charge is 0.264 e. The largest absolute Gasteiger partial charge is 0.354 e. The Balaban J connectivity index is 1.83. The monoisotopic (exact) mass is 685 g/mol. The van der Waals surface area contributed by atoms with Crippen LogP contribution in [0.5, 0.6) is 0 Å². The van der Waals surface area contributed by atoms with Gasteiger partial charge in [0.15, 0.2) is 0 Å². The average Bonchev–Trinajstić information content (AvgIpc) is 3.02. The van der Waals surface area contributed by atoms with Crippen molar-refractivity contribution in [1.29, 1.82) is 0 Å². The van der Waals surface area contributed by atoms with Crippen molar-refractivity contribution in [3.63, 3.8) is 0 Å². The van der Waals surface area contributed by atoms with Crippen LogP contribution >= 0.6 is 34.8 Å². The molecule has 45 heavy (non-hydrogen) atoms. The number of aryl methyl sites for hydroxylation is 1. The summed E-state index contributed by atoms with van der Waals surface area (Å²) in [6, 6.07) is 25.9. The number of nitrogens with one attached hydrogen (secondary N) is 1. The molecule has 0 saturated carbocycles. The lowest BCUT2D eigenvalue weighted by atomic mass is 10.0. The molecule has 0 unspecified atom stereocenters. The number of nitrogens with zero attached hydrogens (tertiary/aromatic N) is 2. The molecule has 0 bridgehead atoms. The second-order valence-corrected chi connectivity index (χ2v) is 13.6. The molecule has 0 heterocycles. The van der Waals surface area contributed by atoms with Crippen molar-refractivity contribution in [2.45, 2.75) is 44.2 Å². The Morgan fingerprint density at radius 1 is 0.844 bits per heavy atom. The third-order valence-electron chi connectivity index (χ3n) is 7.18. The number of rotatable bonds is 13. The molecule has 0 aliphatic carbocycles. The van der Waals surface area contributed by atoms with E-state index in [-0.39, 0.29) is 23.8 Å². The molecule has 1 atom stereocenters. The van der Waals surface area contributed by atoms with Gasteiger partial charge < -0.3 is 10.2 Å². The van der Waals surface area contributed by atoms with Crippen molar-refractivity contribution in [2.24, 2.45) is 0 Å². The number of halogens is 3. The van der Waals surface area contributed by atoms with Crippen LogP contribution in [0.15, 0.2) is 102 Å². The van der Waals surface area contributed by atoms with E-state index >= 15 is 0 Å². The zero-order valence-corrected chi connectivity index (χ0v) is 28.0. The third-order valence-corrected chi connectivity index (χ3v) is 9.93. The minimum atomic E-state index is -4.25. The summed E-state index contributed by atoms with van der Waals surface area (Å²) in [5.41, 5.74) is 2.36. The van der Waals surface area contributed by atoms with Gasteiger partial charge in [0.2, 0.25) is 11.8 Å². The molecule has 11 heteroatoms. The van der Waals surface area contributed by atoms with E-state index in [4.69, 9.17) is 34.8 Å². The van der Waals surface area contributed by atoms with Gasteiger partial charge in [0.25, 0.3) is 10.0 Å². The molecule has 236 valence electrons. The fraction of sp³-hybridized carbons (Fsp3) is 0.235. The third kappa shape index (κ3) is 8.79. The van der Waals surface area contributed by atoms with Gasteiger partial charge in [-0.1, -0.05) is 90.3 Å². The molecular formula is C34H34Cl3N3O4S. The predicted octanol–water partition coefficient (Wildman–Crippen LogP) is 7.32. The Morgan fingerprint density at radius 3 is 2.11 bits per heavy atom. The van der Waals surface area contributed by atoms with Crippen LogP contribution in [0.4, 0.5) is 5.69 Å². The zero-order chi connectivity index (χ0) is 32.6. The molecule has 0 radical (unpaired) electrons. The maximum atomic E-state index is 14.5. The number of carbonyl (C=O) groups excluding carboxylic acids is 2. The molecule has 7 nitrogen and oxygen atoms in total. The molecule has 0 aromatic heterocycles. The van der Waals surface area contributed by atoms with Gasteiger partial charge in [-0.05, 0) is 73.0 Å². The van der Waals surface area contributed by atoms with E-state index < -0.39 is 28.5 Å². The lowest BCUT2D eigenvalue weighted by Gasteiger charge is -2.34. The van der Waals surface area contributed by atoms with Crippen molar-refractivity contribution < 1.29 is 18.0 Å². The van der Waals surface area contributed by atoms with Crippen LogP contribution in [-0.4, -0.2) is 44.3 Å². The number of hydrogen-bond acceptors (Lipinski definition) is 4. The SMILES string of the molecule is CCCNC(=O)[C@H](Cc1ccccc1)N(Cc1c(Cl)cccc1Cl)C(=O)CN(c1cccc(C)c1)S(=O)(=O)c1ccc(Cl)cc1. The van der Waals surface area contributed by atoms with Gasteiger partial charge in [0.1, 0.15) is 12.6 Å². The topological polar surface area (TPSA) is 86.8 Å². The highest BCUT2D eigenvalue weighted by atomic mass is 35.5. The van der Waals surface area contributed by atoms with Crippen LogP contribution in [0, 0.1) is 6.92 Å². The number of carbonyl (C=O) groups is 2. The first-order chi connectivity index (χ1) is 21.5. The molecule has 0 aliphatic rings. The second kappa shape index (κ2) is 15.6. The number of amides is 2.